The molecule has 0 fully saturated rings. The molecule has 0 spiro atoms. The van der Waals surface area contributed by atoms with Crippen LogP contribution in [0, 0.1) is 5.82 Å². The Labute approximate surface area is 112 Å². The first kappa shape index (κ1) is 12.5. The Kier molecular flexibility index (Phi) is 4.07. The summed E-state index contributed by atoms with van der Waals surface area (Å²) in [6.07, 6.45) is 0. The van der Waals surface area contributed by atoms with E-state index in [1.54, 1.807) is 23.9 Å². The van der Waals surface area contributed by atoms with Gasteiger partial charge in [-0.3, -0.25) is 0 Å². The lowest BCUT2D eigenvalue weighted by Crippen LogP contribution is -1.85. The SMILES string of the molecule is Nc1ccc(SCc2ccc(F)c(Br)c2)cc1. The molecule has 1 nitrogen and oxygen atoms in total. The Morgan fingerprint density at radius 2 is 1.82 bits per heavy atom. The lowest BCUT2D eigenvalue weighted by atomic mass is 10.2. The van der Waals surface area contributed by atoms with Crippen LogP contribution in [0.4, 0.5) is 10.1 Å². The summed E-state index contributed by atoms with van der Waals surface area (Å²) in [5, 5.41) is 0. The number of benzene rings is 2. The zero-order chi connectivity index (χ0) is 12.3. The molecule has 0 bridgehead atoms. The van der Waals surface area contributed by atoms with E-state index in [1.165, 1.54) is 6.07 Å². The lowest BCUT2D eigenvalue weighted by Gasteiger charge is -2.03. The molecule has 88 valence electrons. The van der Waals surface area contributed by atoms with Gasteiger partial charge in [0.1, 0.15) is 5.82 Å². The van der Waals surface area contributed by atoms with Crippen molar-refractivity contribution in [2.75, 3.05) is 5.73 Å². The summed E-state index contributed by atoms with van der Waals surface area (Å²) in [7, 11) is 0. The third-order valence-corrected chi connectivity index (χ3v) is 3.96. The predicted molar refractivity (Wildman–Crippen MR) is 74.5 cm³/mol. The highest BCUT2D eigenvalue weighted by molar-refractivity contribution is 9.10. The van der Waals surface area contributed by atoms with E-state index in [0.717, 1.165) is 21.9 Å². The minimum absolute atomic E-state index is 0.230. The number of rotatable bonds is 3. The van der Waals surface area contributed by atoms with Gasteiger partial charge in [-0.05, 0) is 57.9 Å². The fraction of sp³-hybridized carbons (Fsp3) is 0.0769. The Hall–Kier alpha value is -1.00. The average Bonchev–Trinajstić information content (AvgIpc) is 2.33. The van der Waals surface area contributed by atoms with Gasteiger partial charge in [0.25, 0.3) is 0 Å². The zero-order valence-corrected chi connectivity index (χ0v) is 11.4. The standard InChI is InChI=1S/C13H11BrFNS/c14-12-7-9(1-6-13(12)15)8-17-11-4-2-10(16)3-5-11/h1-7H,8,16H2. The summed E-state index contributed by atoms with van der Waals surface area (Å²) in [5.74, 6) is 0.578. The highest BCUT2D eigenvalue weighted by atomic mass is 79.9. The highest BCUT2D eigenvalue weighted by Gasteiger charge is 2.01. The molecule has 2 aromatic rings. The third-order valence-electron chi connectivity index (χ3n) is 2.27. The second kappa shape index (κ2) is 5.56. The molecule has 0 aliphatic rings. The van der Waals surface area contributed by atoms with Crippen LogP contribution in [0.5, 0.6) is 0 Å². The van der Waals surface area contributed by atoms with Crippen molar-refractivity contribution in [3.63, 3.8) is 0 Å². The van der Waals surface area contributed by atoms with E-state index in [0.29, 0.717) is 4.47 Å². The van der Waals surface area contributed by atoms with Crippen molar-refractivity contribution in [2.24, 2.45) is 0 Å². The Morgan fingerprint density at radius 1 is 1.12 bits per heavy atom. The molecule has 0 aliphatic carbocycles. The molecule has 0 saturated carbocycles. The van der Waals surface area contributed by atoms with Crippen molar-refractivity contribution < 1.29 is 4.39 Å². The summed E-state index contributed by atoms with van der Waals surface area (Å²) in [5.41, 5.74) is 7.46. The molecule has 0 saturated heterocycles. The van der Waals surface area contributed by atoms with Crippen LogP contribution in [-0.4, -0.2) is 0 Å². The van der Waals surface area contributed by atoms with Crippen molar-refractivity contribution >= 4 is 33.4 Å². The number of anilines is 1. The average molecular weight is 312 g/mol. The number of nitrogen functional groups attached to an aromatic ring is 1. The second-order valence-electron chi connectivity index (χ2n) is 3.61. The number of thioether (sulfide) groups is 1. The van der Waals surface area contributed by atoms with Crippen LogP contribution in [0.15, 0.2) is 51.8 Å². The topological polar surface area (TPSA) is 26.0 Å². The molecule has 0 heterocycles. The van der Waals surface area contributed by atoms with E-state index in [4.69, 9.17) is 5.73 Å². The second-order valence-corrected chi connectivity index (χ2v) is 5.51. The molecule has 0 radical (unpaired) electrons. The Morgan fingerprint density at radius 3 is 2.47 bits per heavy atom. The number of hydrogen-bond acceptors (Lipinski definition) is 2. The first-order valence-electron chi connectivity index (χ1n) is 5.07. The summed E-state index contributed by atoms with van der Waals surface area (Å²) in [4.78, 5) is 1.15. The van der Waals surface area contributed by atoms with Crippen LogP contribution >= 0.6 is 27.7 Å². The largest absolute Gasteiger partial charge is 0.399 e. The molecule has 0 atom stereocenters. The minimum atomic E-state index is -0.230. The van der Waals surface area contributed by atoms with Gasteiger partial charge in [-0.25, -0.2) is 4.39 Å². The quantitative estimate of drug-likeness (QED) is 0.669. The van der Waals surface area contributed by atoms with E-state index in [-0.39, 0.29) is 5.82 Å². The molecule has 0 aliphatic heterocycles. The Balaban J connectivity index is 2.02. The molecule has 2 aromatic carbocycles. The molecular weight excluding hydrogens is 301 g/mol. The molecule has 2 N–H and O–H groups in total. The van der Waals surface area contributed by atoms with E-state index < -0.39 is 0 Å². The summed E-state index contributed by atoms with van der Waals surface area (Å²) >= 11 is 4.88. The predicted octanol–water partition coefficient (Wildman–Crippen LogP) is 4.46. The lowest BCUT2D eigenvalue weighted by molar-refractivity contribution is 0.620. The van der Waals surface area contributed by atoms with Gasteiger partial charge in [0.2, 0.25) is 0 Å². The van der Waals surface area contributed by atoms with Crippen molar-refractivity contribution in [3.05, 3.63) is 58.3 Å². The maximum absolute atomic E-state index is 13.0. The first-order chi connectivity index (χ1) is 8.15. The number of nitrogens with two attached hydrogens (primary N) is 1. The maximum Gasteiger partial charge on any atom is 0.137 e. The maximum atomic E-state index is 13.0. The minimum Gasteiger partial charge on any atom is -0.399 e. The highest BCUT2D eigenvalue weighted by Crippen LogP contribution is 2.25. The molecule has 0 aromatic heterocycles. The summed E-state index contributed by atoms with van der Waals surface area (Å²) in [6.45, 7) is 0. The van der Waals surface area contributed by atoms with Gasteiger partial charge >= 0.3 is 0 Å². The fourth-order valence-corrected chi connectivity index (χ4v) is 2.63. The van der Waals surface area contributed by atoms with Crippen molar-refractivity contribution in [3.8, 4) is 0 Å². The van der Waals surface area contributed by atoms with Gasteiger partial charge in [-0.1, -0.05) is 6.07 Å². The molecule has 17 heavy (non-hydrogen) atoms. The van der Waals surface area contributed by atoms with E-state index in [9.17, 15) is 4.39 Å². The Bertz CT molecular complexity index is 513. The molecule has 2 rings (SSSR count). The van der Waals surface area contributed by atoms with Crippen LogP contribution in [0.3, 0.4) is 0 Å². The summed E-state index contributed by atoms with van der Waals surface area (Å²) < 4.78 is 13.5. The van der Waals surface area contributed by atoms with Crippen molar-refractivity contribution in [1.82, 2.24) is 0 Å². The van der Waals surface area contributed by atoms with Gasteiger partial charge < -0.3 is 5.73 Å². The molecule has 0 unspecified atom stereocenters. The van der Waals surface area contributed by atoms with Crippen LogP contribution in [0.1, 0.15) is 5.56 Å². The normalized spacial score (nSPS) is 10.5. The van der Waals surface area contributed by atoms with Gasteiger partial charge in [0.05, 0.1) is 4.47 Å². The first-order valence-corrected chi connectivity index (χ1v) is 6.85. The van der Waals surface area contributed by atoms with E-state index in [2.05, 4.69) is 15.9 Å². The van der Waals surface area contributed by atoms with Gasteiger partial charge in [-0.2, -0.15) is 0 Å². The molecule has 4 heteroatoms. The van der Waals surface area contributed by atoms with Gasteiger partial charge in [0, 0.05) is 16.3 Å². The van der Waals surface area contributed by atoms with E-state index in [1.807, 2.05) is 24.3 Å². The molecule has 0 amide bonds. The fourth-order valence-electron chi connectivity index (χ4n) is 1.36. The van der Waals surface area contributed by atoms with Crippen LogP contribution in [-0.2, 0) is 5.75 Å². The van der Waals surface area contributed by atoms with Crippen molar-refractivity contribution in [1.29, 1.82) is 0 Å². The molecular formula is C13H11BrFNS. The number of hydrogen-bond donors (Lipinski definition) is 1. The van der Waals surface area contributed by atoms with Crippen LogP contribution < -0.4 is 5.73 Å². The van der Waals surface area contributed by atoms with Crippen LogP contribution in [0.25, 0.3) is 0 Å². The zero-order valence-electron chi connectivity index (χ0n) is 8.99. The van der Waals surface area contributed by atoms with E-state index >= 15 is 0 Å². The monoisotopic (exact) mass is 311 g/mol. The summed E-state index contributed by atoms with van der Waals surface area (Å²) in [6, 6.07) is 12.8. The number of halogens is 2. The van der Waals surface area contributed by atoms with Crippen LogP contribution in [0.2, 0.25) is 0 Å². The van der Waals surface area contributed by atoms with Crippen molar-refractivity contribution in [2.45, 2.75) is 10.6 Å². The smallest absolute Gasteiger partial charge is 0.137 e. The van der Waals surface area contributed by atoms with Gasteiger partial charge in [-0.15, -0.1) is 11.8 Å². The van der Waals surface area contributed by atoms with Gasteiger partial charge in [0.15, 0.2) is 0 Å². The third kappa shape index (κ3) is 3.48.